The Hall–Kier alpha value is -1.67. The van der Waals surface area contributed by atoms with Crippen LogP contribution < -0.4 is 10.5 Å². The highest BCUT2D eigenvalue weighted by Gasteiger charge is 2.26. The lowest BCUT2D eigenvalue weighted by atomic mass is 9.86. The van der Waals surface area contributed by atoms with Crippen molar-refractivity contribution in [2.75, 3.05) is 6.54 Å². The summed E-state index contributed by atoms with van der Waals surface area (Å²) in [5, 5.41) is 8.91. The molecule has 0 aromatic carbocycles. The molecule has 1 heterocycles. The molecule has 0 aliphatic heterocycles. The number of rotatable bonds is 3. The maximum Gasteiger partial charge on any atom is 0.251 e. The summed E-state index contributed by atoms with van der Waals surface area (Å²) in [6, 6.07) is 1.99. The van der Waals surface area contributed by atoms with Crippen LogP contribution in [0, 0.1) is 17.2 Å². The molecule has 1 aromatic heterocycles. The van der Waals surface area contributed by atoms with E-state index in [9.17, 15) is 0 Å². The van der Waals surface area contributed by atoms with Crippen molar-refractivity contribution >= 4 is 0 Å². The van der Waals surface area contributed by atoms with Crippen LogP contribution in [0.3, 0.4) is 0 Å². The molecule has 2 unspecified atom stereocenters. The van der Waals surface area contributed by atoms with E-state index in [4.69, 9.17) is 15.7 Å². The minimum atomic E-state index is 0.0672. The van der Waals surface area contributed by atoms with Crippen molar-refractivity contribution in [3.8, 4) is 11.9 Å². The Balaban J connectivity index is 2.11. The Kier molecular flexibility index (Phi) is 3.89. The van der Waals surface area contributed by atoms with Gasteiger partial charge in [-0.1, -0.05) is 6.42 Å². The van der Waals surface area contributed by atoms with Crippen LogP contribution >= 0.6 is 0 Å². The zero-order valence-corrected chi connectivity index (χ0v) is 9.67. The van der Waals surface area contributed by atoms with Crippen molar-refractivity contribution in [3.63, 3.8) is 0 Å². The van der Waals surface area contributed by atoms with E-state index in [0.717, 1.165) is 19.3 Å². The molecule has 2 N–H and O–H groups in total. The highest BCUT2D eigenvalue weighted by Crippen LogP contribution is 2.27. The molecule has 0 saturated heterocycles. The summed E-state index contributed by atoms with van der Waals surface area (Å²) in [7, 11) is 0. The highest BCUT2D eigenvalue weighted by molar-refractivity contribution is 5.30. The van der Waals surface area contributed by atoms with Gasteiger partial charge in [-0.3, -0.25) is 0 Å². The molecule has 1 aromatic rings. The summed E-state index contributed by atoms with van der Waals surface area (Å²) in [6.45, 7) is 0.618. The van der Waals surface area contributed by atoms with E-state index in [2.05, 4.69) is 9.97 Å². The second-order valence-corrected chi connectivity index (χ2v) is 4.26. The van der Waals surface area contributed by atoms with E-state index < -0.39 is 0 Å². The molecule has 1 fully saturated rings. The largest absolute Gasteiger partial charge is 0.472 e. The van der Waals surface area contributed by atoms with Gasteiger partial charge >= 0.3 is 0 Å². The molecular weight excluding hydrogens is 216 g/mol. The predicted molar refractivity (Wildman–Crippen MR) is 62.2 cm³/mol. The van der Waals surface area contributed by atoms with Crippen LogP contribution in [0.4, 0.5) is 0 Å². The lowest BCUT2D eigenvalue weighted by Gasteiger charge is -2.30. The first-order chi connectivity index (χ1) is 8.35. The van der Waals surface area contributed by atoms with Gasteiger partial charge in [-0.25, -0.2) is 9.97 Å². The summed E-state index contributed by atoms with van der Waals surface area (Å²) < 4.78 is 5.80. The molecule has 0 bridgehead atoms. The Morgan fingerprint density at radius 2 is 2.12 bits per heavy atom. The van der Waals surface area contributed by atoms with Crippen LogP contribution in [-0.2, 0) is 0 Å². The highest BCUT2D eigenvalue weighted by atomic mass is 16.5. The smallest absolute Gasteiger partial charge is 0.251 e. The number of nitrogens with two attached hydrogens (primary N) is 1. The molecule has 2 atom stereocenters. The molecule has 1 aliphatic carbocycles. The van der Waals surface area contributed by atoms with Gasteiger partial charge in [-0.05, 0) is 25.8 Å². The van der Waals surface area contributed by atoms with Crippen molar-refractivity contribution in [1.82, 2.24) is 9.97 Å². The lowest BCUT2D eigenvalue weighted by Crippen LogP contribution is -2.35. The predicted octanol–water partition coefficient (Wildman–Crippen LogP) is 1.24. The third-order valence-corrected chi connectivity index (χ3v) is 3.18. The fourth-order valence-electron chi connectivity index (χ4n) is 2.23. The number of nitrogens with zero attached hydrogens (tertiary/aromatic N) is 3. The number of hydrogen-bond acceptors (Lipinski definition) is 5. The van der Waals surface area contributed by atoms with Crippen LogP contribution in [-0.4, -0.2) is 22.6 Å². The van der Waals surface area contributed by atoms with Crippen molar-refractivity contribution < 1.29 is 4.74 Å². The van der Waals surface area contributed by atoms with Gasteiger partial charge in [-0.2, -0.15) is 5.26 Å². The van der Waals surface area contributed by atoms with Gasteiger partial charge in [0.1, 0.15) is 12.2 Å². The molecule has 0 spiro atoms. The zero-order valence-electron chi connectivity index (χ0n) is 9.67. The van der Waals surface area contributed by atoms with Gasteiger partial charge in [0.25, 0.3) is 5.88 Å². The Morgan fingerprint density at radius 1 is 1.35 bits per heavy atom. The molecule has 5 nitrogen and oxygen atoms in total. The number of ether oxygens (including phenoxy) is 1. The summed E-state index contributed by atoms with van der Waals surface area (Å²) in [6.07, 6.45) is 7.50. The average Bonchev–Trinajstić information content (AvgIpc) is 2.40. The van der Waals surface area contributed by atoms with Crippen LogP contribution in [0.2, 0.25) is 0 Å². The van der Waals surface area contributed by atoms with Gasteiger partial charge in [-0.15, -0.1) is 0 Å². The van der Waals surface area contributed by atoms with E-state index in [0.29, 0.717) is 18.3 Å². The lowest BCUT2D eigenvalue weighted by molar-refractivity contribution is 0.0915. The Morgan fingerprint density at radius 3 is 2.88 bits per heavy atom. The SMILES string of the molecule is N#Cc1nccnc1OC1CCCCC1CN. The number of nitriles is 1. The van der Waals surface area contributed by atoms with Crippen LogP contribution in [0.15, 0.2) is 12.4 Å². The summed E-state index contributed by atoms with van der Waals surface area (Å²) in [4.78, 5) is 8.00. The third kappa shape index (κ3) is 2.71. The van der Waals surface area contributed by atoms with Crippen LogP contribution in [0.25, 0.3) is 0 Å². The van der Waals surface area contributed by atoms with Gasteiger partial charge in [0.05, 0.1) is 0 Å². The average molecular weight is 232 g/mol. The second kappa shape index (κ2) is 5.60. The Labute approximate surface area is 101 Å². The van der Waals surface area contributed by atoms with E-state index in [-0.39, 0.29) is 11.8 Å². The van der Waals surface area contributed by atoms with Gasteiger partial charge < -0.3 is 10.5 Å². The van der Waals surface area contributed by atoms with Crippen molar-refractivity contribution in [1.29, 1.82) is 5.26 Å². The van der Waals surface area contributed by atoms with E-state index >= 15 is 0 Å². The van der Waals surface area contributed by atoms with Crippen molar-refractivity contribution in [2.24, 2.45) is 11.7 Å². The van der Waals surface area contributed by atoms with Gasteiger partial charge in [0, 0.05) is 18.3 Å². The molecule has 0 radical (unpaired) electrons. The fraction of sp³-hybridized carbons (Fsp3) is 0.583. The van der Waals surface area contributed by atoms with Gasteiger partial charge in [0.2, 0.25) is 5.69 Å². The maximum atomic E-state index is 8.91. The maximum absolute atomic E-state index is 8.91. The summed E-state index contributed by atoms with van der Waals surface area (Å²) in [5.41, 5.74) is 5.98. The van der Waals surface area contributed by atoms with E-state index in [1.807, 2.05) is 6.07 Å². The Bertz CT molecular complexity index is 415. The second-order valence-electron chi connectivity index (χ2n) is 4.26. The monoisotopic (exact) mass is 232 g/mol. The van der Waals surface area contributed by atoms with Crippen molar-refractivity contribution in [2.45, 2.75) is 31.8 Å². The molecule has 0 amide bonds. The molecule has 17 heavy (non-hydrogen) atoms. The van der Waals surface area contributed by atoms with Crippen molar-refractivity contribution in [3.05, 3.63) is 18.1 Å². The van der Waals surface area contributed by atoms with Crippen LogP contribution in [0.1, 0.15) is 31.4 Å². The molecule has 1 aliphatic rings. The molecule has 2 rings (SSSR count). The normalized spacial score (nSPS) is 24.0. The van der Waals surface area contributed by atoms with Gasteiger partial charge in [0.15, 0.2) is 0 Å². The number of aromatic nitrogens is 2. The third-order valence-electron chi connectivity index (χ3n) is 3.18. The summed E-state index contributed by atoms with van der Waals surface area (Å²) in [5.74, 6) is 0.692. The first-order valence-electron chi connectivity index (χ1n) is 5.93. The first kappa shape index (κ1) is 11.8. The van der Waals surface area contributed by atoms with E-state index in [1.54, 1.807) is 0 Å². The minimum Gasteiger partial charge on any atom is -0.472 e. The minimum absolute atomic E-state index is 0.0672. The molecule has 5 heteroatoms. The standard InChI is InChI=1S/C12H16N4O/c13-7-9-3-1-2-4-11(9)17-12-10(8-14)15-5-6-16-12/h5-6,9,11H,1-4,7,13H2. The molecule has 1 saturated carbocycles. The molecule has 90 valence electrons. The topological polar surface area (TPSA) is 84.8 Å². The van der Waals surface area contributed by atoms with Crippen LogP contribution in [0.5, 0.6) is 5.88 Å². The first-order valence-corrected chi connectivity index (χ1v) is 5.93. The zero-order chi connectivity index (χ0) is 12.1. The molecular formula is C12H16N4O. The summed E-state index contributed by atoms with van der Waals surface area (Å²) >= 11 is 0. The van der Waals surface area contributed by atoms with E-state index in [1.165, 1.54) is 18.8 Å². The number of hydrogen-bond donors (Lipinski definition) is 1. The quantitative estimate of drug-likeness (QED) is 0.847. The fourth-order valence-corrected chi connectivity index (χ4v) is 2.23.